The normalized spacial score (nSPS) is 10.5. The minimum absolute atomic E-state index is 0.165. The molecular weight excluding hydrogens is 256 g/mol. The number of aliphatic hydroxyl groups is 1. The van der Waals surface area contributed by atoms with Crippen LogP contribution >= 0.6 is 0 Å². The Morgan fingerprint density at radius 3 is 1.86 bits per heavy atom. The van der Waals surface area contributed by atoms with Gasteiger partial charge < -0.3 is 5.11 Å². The molecule has 3 aromatic carbocycles. The molecule has 104 valence electrons. The molecule has 0 atom stereocenters. The van der Waals surface area contributed by atoms with Crippen LogP contribution in [0.5, 0.6) is 0 Å². The van der Waals surface area contributed by atoms with E-state index >= 15 is 0 Å². The van der Waals surface area contributed by atoms with Crippen LogP contribution in [0.15, 0.2) is 78.9 Å². The highest BCUT2D eigenvalue weighted by Gasteiger charge is 2.07. The van der Waals surface area contributed by atoms with Gasteiger partial charge in [-0.1, -0.05) is 78.9 Å². The van der Waals surface area contributed by atoms with E-state index in [4.69, 9.17) is 0 Å². The Morgan fingerprint density at radius 2 is 1.24 bits per heavy atom. The molecule has 21 heavy (non-hydrogen) atoms. The quantitative estimate of drug-likeness (QED) is 0.739. The van der Waals surface area contributed by atoms with E-state index in [2.05, 4.69) is 42.5 Å². The van der Waals surface area contributed by atoms with Crippen molar-refractivity contribution in [3.63, 3.8) is 0 Å². The summed E-state index contributed by atoms with van der Waals surface area (Å²) in [6, 6.07) is 27.2. The summed E-state index contributed by atoms with van der Waals surface area (Å²) in [5, 5.41) is 9.35. The highest BCUT2D eigenvalue weighted by Crippen LogP contribution is 2.29. The van der Waals surface area contributed by atoms with Crippen molar-refractivity contribution in [1.82, 2.24) is 0 Å². The van der Waals surface area contributed by atoms with E-state index in [1.165, 1.54) is 27.8 Å². The van der Waals surface area contributed by atoms with E-state index in [0.29, 0.717) is 6.42 Å². The van der Waals surface area contributed by atoms with Crippen LogP contribution < -0.4 is 0 Å². The summed E-state index contributed by atoms with van der Waals surface area (Å²) < 4.78 is 0. The fraction of sp³-hybridized carbons (Fsp3) is 0.100. The van der Waals surface area contributed by atoms with E-state index in [1.54, 1.807) is 0 Å². The monoisotopic (exact) mass is 274 g/mol. The maximum Gasteiger partial charge on any atom is 0.0471 e. The molecule has 1 nitrogen and oxygen atoms in total. The third-order valence-electron chi connectivity index (χ3n) is 3.68. The molecule has 0 amide bonds. The molecule has 3 aromatic rings. The predicted octanol–water partition coefficient (Wildman–Crippen LogP) is 4.56. The summed E-state index contributed by atoms with van der Waals surface area (Å²) in [5.74, 6) is 0. The summed E-state index contributed by atoms with van der Waals surface area (Å²) in [6.45, 7) is 0.165. The highest BCUT2D eigenvalue weighted by molar-refractivity contribution is 5.73. The highest BCUT2D eigenvalue weighted by atomic mass is 16.2. The molecule has 0 fully saturated rings. The van der Waals surface area contributed by atoms with Gasteiger partial charge in [-0.05, 0) is 34.2 Å². The molecule has 0 saturated carbocycles. The first-order valence-corrected chi connectivity index (χ1v) is 7.23. The van der Waals surface area contributed by atoms with Crippen molar-refractivity contribution in [3.8, 4) is 22.3 Å². The number of rotatable bonds is 4. The third kappa shape index (κ3) is 3.04. The molecule has 1 heteroatoms. The van der Waals surface area contributed by atoms with Crippen molar-refractivity contribution in [2.45, 2.75) is 6.42 Å². The molecule has 0 aliphatic heterocycles. The largest absolute Gasteiger partial charge is 0.396 e. The minimum Gasteiger partial charge on any atom is -0.396 e. The van der Waals surface area contributed by atoms with Crippen LogP contribution in [0.25, 0.3) is 22.3 Å². The molecule has 0 spiro atoms. The SMILES string of the molecule is OCCc1cc(-c2ccccc2)ccc1-c1ccccc1. The number of benzene rings is 3. The van der Waals surface area contributed by atoms with Gasteiger partial charge in [-0.15, -0.1) is 0 Å². The Kier molecular flexibility index (Phi) is 4.13. The smallest absolute Gasteiger partial charge is 0.0471 e. The van der Waals surface area contributed by atoms with E-state index in [9.17, 15) is 5.11 Å². The summed E-state index contributed by atoms with van der Waals surface area (Å²) in [7, 11) is 0. The van der Waals surface area contributed by atoms with Crippen LogP contribution in [0.3, 0.4) is 0 Å². The number of hydrogen-bond acceptors (Lipinski definition) is 1. The number of aliphatic hydroxyl groups excluding tert-OH is 1. The van der Waals surface area contributed by atoms with Crippen molar-refractivity contribution in [1.29, 1.82) is 0 Å². The first-order valence-electron chi connectivity index (χ1n) is 7.23. The average molecular weight is 274 g/mol. The van der Waals surface area contributed by atoms with Crippen LogP contribution in [0.2, 0.25) is 0 Å². The van der Waals surface area contributed by atoms with Gasteiger partial charge in [0, 0.05) is 6.61 Å². The van der Waals surface area contributed by atoms with E-state index < -0.39 is 0 Å². The first kappa shape index (κ1) is 13.6. The Morgan fingerprint density at radius 1 is 0.619 bits per heavy atom. The van der Waals surface area contributed by atoms with Gasteiger partial charge in [0.25, 0.3) is 0 Å². The molecule has 0 radical (unpaired) electrons. The van der Waals surface area contributed by atoms with Gasteiger partial charge >= 0.3 is 0 Å². The maximum atomic E-state index is 9.35. The Labute approximate surface area is 125 Å². The second-order valence-electron chi connectivity index (χ2n) is 5.08. The second-order valence-corrected chi connectivity index (χ2v) is 5.08. The van der Waals surface area contributed by atoms with E-state index in [1.807, 2.05) is 36.4 Å². The predicted molar refractivity (Wildman–Crippen MR) is 88.1 cm³/mol. The molecule has 0 bridgehead atoms. The van der Waals surface area contributed by atoms with Gasteiger partial charge in [0.2, 0.25) is 0 Å². The Hall–Kier alpha value is -2.38. The lowest BCUT2D eigenvalue weighted by Gasteiger charge is -2.12. The Balaban J connectivity index is 2.07. The molecular formula is C20H18O. The van der Waals surface area contributed by atoms with Gasteiger partial charge in [-0.3, -0.25) is 0 Å². The van der Waals surface area contributed by atoms with E-state index in [-0.39, 0.29) is 6.61 Å². The molecule has 0 unspecified atom stereocenters. The molecule has 1 N–H and O–H groups in total. The van der Waals surface area contributed by atoms with Gasteiger partial charge in [-0.25, -0.2) is 0 Å². The fourth-order valence-corrected chi connectivity index (χ4v) is 2.63. The maximum absolute atomic E-state index is 9.35. The van der Waals surface area contributed by atoms with Crippen LogP contribution in [0, 0.1) is 0 Å². The molecule has 0 aliphatic carbocycles. The van der Waals surface area contributed by atoms with Crippen molar-refractivity contribution >= 4 is 0 Å². The lowest BCUT2D eigenvalue weighted by atomic mass is 9.93. The zero-order chi connectivity index (χ0) is 14.5. The van der Waals surface area contributed by atoms with Crippen molar-refractivity contribution in [3.05, 3.63) is 84.4 Å². The van der Waals surface area contributed by atoms with Crippen molar-refractivity contribution < 1.29 is 5.11 Å². The van der Waals surface area contributed by atoms with Gasteiger partial charge in [-0.2, -0.15) is 0 Å². The minimum atomic E-state index is 0.165. The lowest BCUT2D eigenvalue weighted by molar-refractivity contribution is 0.300. The van der Waals surface area contributed by atoms with Crippen LogP contribution in [0.1, 0.15) is 5.56 Å². The summed E-state index contributed by atoms with van der Waals surface area (Å²) in [5.41, 5.74) is 5.98. The fourth-order valence-electron chi connectivity index (χ4n) is 2.63. The molecule has 0 aromatic heterocycles. The summed E-state index contributed by atoms with van der Waals surface area (Å²) >= 11 is 0. The standard InChI is InChI=1S/C20H18O/c21-14-13-19-15-18(16-7-3-1-4-8-16)11-12-20(19)17-9-5-2-6-10-17/h1-12,15,21H,13-14H2. The second kappa shape index (κ2) is 6.38. The number of hydrogen-bond donors (Lipinski definition) is 1. The van der Waals surface area contributed by atoms with Gasteiger partial charge in [0.15, 0.2) is 0 Å². The van der Waals surface area contributed by atoms with Crippen molar-refractivity contribution in [2.24, 2.45) is 0 Å². The first-order chi connectivity index (χ1) is 10.4. The lowest BCUT2D eigenvalue weighted by Crippen LogP contribution is -1.95. The topological polar surface area (TPSA) is 20.2 Å². The molecule has 0 aliphatic rings. The van der Waals surface area contributed by atoms with Crippen LogP contribution in [-0.2, 0) is 6.42 Å². The van der Waals surface area contributed by atoms with Gasteiger partial charge in [0.1, 0.15) is 0 Å². The zero-order valence-corrected chi connectivity index (χ0v) is 11.9. The van der Waals surface area contributed by atoms with E-state index in [0.717, 1.165) is 0 Å². The van der Waals surface area contributed by atoms with Crippen LogP contribution in [0.4, 0.5) is 0 Å². The summed E-state index contributed by atoms with van der Waals surface area (Å²) in [4.78, 5) is 0. The van der Waals surface area contributed by atoms with Gasteiger partial charge in [0.05, 0.1) is 0 Å². The summed E-state index contributed by atoms with van der Waals surface area (Å²) in [6.07, 6.45) is 0.672. The third-order valence-corrected chi connectivity index (χ3v) is 3.68. The Bertz CT molecular complexity index is 702. The van der Waals surface area contributed by atoms with Crippen LogP contribution in [-0.4, -0.2) is 11.7 Å². The average Bonchev–Trinajstić information content (AvgIpc) is 2.57. The zero-order valence-electron chi connectivity index (χ0n) is 11.9. The molecule has 0 heterocycles. The van der Waals surface area contributed by atoms with Crippen molar-refractivity contribution in [2.75, 3.05) is 6.61 Å². The molecule has 0 saturated heterocycles. The molecule has 3 rings (SSSR count).